The second-order valence-corrected chi connectivity index (χ2v) is 5.29. The average molecular weight is 374 g/mol. The number of furan rings is 1. The van der Waals surface area contributed by atoms with Gasteiger partial charge in [-0.25, -0.2) is 9.59 Å². The van der Waals surface area contributed by atoms with Crippen LogP contribution in [0.15, 0.2) is 51.6 Å². The molecule has 1 heterocycles. The van der Waals surface area contributed by atoms with Gasteiger partial charge in [0, 0.05) is 11.6 Å². The van der Waals surface area contributed by atoms with Crippen molar-refractivity contribution in [2.24, 2.45) is 5.73 Å². The number of hydrogen-bond donors (Lipinski definition) is 3. The molecule has 0 atom stereocenters. The molecule has 0 saturated carbocycles. The fourth-order valence-electron chi connectivity index (χ4n) is 2.19. The van der Waals surface area contributed by atoms with Gasteiger partial charge in [0.05, 0.1) is 22.4 Å². The standard InChI is InChI=1S/C19H10N4O5/c20-7-13(17(23)14(8-21)9-22)6-15-1-2-16(28-15)10-3-11(18(24)25)5-12(4-10)19(26)27/h1-6H,23H2,(H,24,25)(H,26,27). The van der Waals surface area contributed by atoms with Gasteiger partial charge in [-0.05, 0) is 30.3 Å². The third-order valence-corrected chi connectivity index (χ3v) is 3.53. The van der Waals surface area contributed by atoms with Crippen molar-refractivity contribution in [1.82, 2.24) is 0 Å². The van der Waals surface area contributed by atoms with Gasteiger partial charge in [-0.2, -0.15) is 15.8 Å². The van der Waals surface area contributed by atoms with E-state index in [1.54, 1.807) is 18.2 Å². The second kappa shape index (κ2) is 8.05. The van der Waals surface area contributed by atoms with Gasteiger partial charge >= 0.3 is 11.9 Å². The van der Waals surface area contributed by atoms with E-state index in [1.165, 1.54) is 30.3 Å². The predicted octanol–water partition coefficient (Wildman–Crippen LogP) is 2.51. The zero-order valence-corrected chi connectivity index (χ0v) is 14.0. The molecule has 0 saturated heterocycles. The van der Waals surface area contributed by atoms with Gasteiger partial charge in [-0.15, -0.1) is 0 Å². The first-order valence-electron chi connectivity index (χ1n) is 7.44. The highest BCUT2D eigenvalue weighted by Crippen LogP contribution is 2.26. The molecule has 4 N–H and O–H groups in total. The minimum absolute atomic E-state index is 0.127. The van der Waals surface area contributed by atoms with Crippen molar-refractivity contribution in [1.29, 1.82) is 15.8 Å². The van der Waals surface area contributed by atoms with Crippen molar-refractivity contribution in [3.05, 3.63) is 64.1 Å². The zero-order valence-electron chi connectivity index (χ0n) is 14.0. The van der Waals surface area contributed by atoms with Crippen molar-refractivity contribution in [3.63, 3.8) is 0 Å². The van der Waals surface area contributed by atoms with Crippen LogP contribution in [0.2, 0.25) is 0 Å². The minimum atomic E-state index is -1.30. The predicted molar refractivity (Wildman–Crippen MR) is 94.1 cm³/mol. The molecule has 2 aromatic rings. The molecule has 0 radical (unpaired) electrons. The summed E-state index contributed by atoms with van der Waals surface area (Å²) in [6, 6.07) is 11.3. The average Bonchev–Trinajstić information content (AvgIpc) is 3.15. The van der Waals surface area contributed by atoms with Crippen LogP contribution in [-0.2, 0) is 0 Å². The first kappa shape index (κ1) is 19.5. The van der Waals surface area contributed by atoms with Gasteiger partial charge < -0.3 is 20.4 Å². The number of carboxylic acids is 2. The maximum atomic E-state index is 11.2. The smallest absolute Gasteiger partial charge is 0.335 e. The molecule has 1 aromatic carbocycles. The first-order valence-corrected chi connectivity index (χ1v) is 7.44. The summed E-state index contributed by atoms with van der Waals surface area (Å²) in [5.41, 5.74) is 4.45. The quantitative estimate of drug-likeness (QED) is 0.522. The molecule has 0 amide bonds. The van der Waals surface area contributed by atoms with Gasteiger partial charge in [0.2, 0.25) is 0 Å². The van der Waals surface area contributed by atoms with Gasteiger partial charge in [-0.1, -0.05) is 0 Å². The van der Waals surface area contributed by atoms with E-state index >= 15 is 0 Å². The minimum Gasteiger partial charge on any atom is -0.478 e. The number of aromatic carboxylic acids is 2. The summed E-state index contributed by atoms with van der Waals surface area (Å²) in [4.78, 5) is 22.4. The Labute approximate surface area is 158 Å². The molecular weight excluding hydrogens is 364 g/mol. The van der Waals surface area contributed by atoms with Crippen LogP contribution in [0.4, 0.5) is 0 Å². The molecule has 28 heavy (non-hydrogen) atoms. The van der Waals surface area contributed by atoms with Gasteiger partial charge in [0.1, 0.15) is 29.7 Å². The van der Waals surface area contributed by atoms with E-state index < -0.39 is 17.5 Å². The summed E-state index contributed by atoms with van der Waals surface area (Å²) in [5.74, 6) is -2.33. The van der Waals surface area contributed by atoms with E-state index in [0.717, 1.165) is 6.07 Å². The van der Waals surface area contributed by atoms with Crippen LogP contribution < -0.4 is 5.73 Å². The largest absolute Gasteiger partial charge is 0.478 e. The molecule has 1 aromatic heterocycles. The molecule has 2 rings (SSSR count). The summed E-state index contributed by atoms with van der Waals surface area (Å²) in [6.45, 7) is 0. The summed E-state index contributed by atoms with van der Waals surface area (Å²) in [6.07, 6.45) is 1.20. The summed E-state index contributed by atoms with van der Waals surface area (Å²) in [7, 11) is 0. The van der Waals surface area contributed by atoms with E-state index in [1.807, 2.05) is 0 Å². The zero-order chi connectivity index (χ0) is 20.8. The third kappa shape index (κ3) is 4.05. The topological polar surface area (TPSA) is 185 Å². The number of allylic oxidation sites excluding steroid dienone is 2. The maximum absolute atomic E-state index is 11.2. The Balaban J connectivity index is 2.53. The number of nitriles is 3. The molecule has 9 heteroatoms. The molecule has 136 valence electrons. The fraction of sp³-hybridized carbons (Fsp3) is 0. The lowest BCUT2D eigenvalue weighted by molar-refractivity contribution is 0.0696. The number of benzene rings is 1. The summed E-state index contributed by atoms with van der Waals surface area (Å²) >= 11 is 0. The lowest BCUT2D eigenvalue weighted by Gasteiger charge is -2.03. The van der Waals surface area contributed by atoms with Crippen molar-refractivity contribution in [3.8, 4) is 29.5 Å². The van der Waals surface area contributed by atoms with Crippen LogP contribution in [-0.4, -0.2) is 22.2 Å². The van der Waals surface area contributed by atoms with Crippen LogP contribution in [0.25, 0.3) is 17.4 Å². The van der Waals surface area contributed by atoms with E-state index in [0.29, 0.717) is 0 Å². The van der Waals surface area contributed by atoms with E-state index in [-0.39, 0.29) is 39.5 Å². The maximum Gasteiger partial charge on any atom is 0.335 e. The van der Waals surface area contributed by atoms with Crippen molar-refractivity contribution in [2.45, 2.75) is 0 Å². The molecule has 0 aliphatic carbocycles. The summed E-state index contributed by atoms with van der Waals surface area (Å²) < 4.78 is 5.51. The van der Waals surface area contributed by atoms with Crippen molar-refractivity contribution in [2.75, 3.05) is 0 Å². The molecule has 0 unspecified atom stereocenters. The van der Waals surface area contributed by atoms with Gasteiger partial charge in [-0.3, -0.25) is 0 Å². The van der Waals surface area contributed by atoms with Crippen molar-refractivity contribution >= 4 is 18.0 Å². The molecule has 0 aliphatic rings. The van der Waals surface area contributed by atoms with Crippen LogP contribution in [0.3, 0.4) is 0 Å². The Morgan fingerprint density at radius 2 is 1.54 bits per heavy atom. The lowest BCUT2D eigenvalue weighted by Crippen LogP contribution is -2.03. The molecule has 0 bridgehead atoms. The number of hydrogen-bond acceptors (Lipinski definition) is 7. The highest BCUT2D eigenvalue weighted by Gasteiger charge is 2.15. The van der Waals surface area contributed by atoms with Crippen LogP contribution in [0, 0.1) is 34.0 Å². The van der Waals surface area contributed by atoms with Crippen LogP contribution in [0.5, 0.6) is 0 Å². The van der Waals surface area contributed by atoms with Crippen LogP contribution in [0.1, 0.15) is 26.5 Å². The van der Waals surface area contributed by atoms with E-state index in [4.69, 9.17) is 30.9 Å². The lowest BCUT2D eigenvalue weighted by atomic mass is 10.0. The Bertz CT molecular complexity index is 1120. The number of carbonyl (C=O) groups is 2. The number of rotatable bonds is 5. The Morgan fingerprint density at radius 3 is 2.00 bits per heavy atom. The molecule has 0 fully saturated rings. The Hall–Kier alpha value is -4.81. The Morgan fingerprint density at radius 1 is 0.964 bits per heavy atom. The van der Waals surface area contributed by atoms with Gasteiger partial charge in [0.25, 0.3) is 0 Å². The summed E-state index contributed by atoms with van der Waals surface area (Å²) in [5, 5.41) is 45.1. The van der Waals surface area contributed by atoms with Crippen LogP contribution >= 0.6 is 0 Å². The molecule has 9 nitrogen and oxygen atoms in total. The molecule has 0 aliphatic heterocycles. The van der Waals surface area contributed by atoms with Gasteiger partial charge in [0.15, 0.2) is 5.57 Å². The highest BCUT2D eigenvalue weighted by atomic mass is 16.4. The first-order chi connectivity index (χ1) is 13.3. The monoisotopic (exact) mass is 374 g/mol. The molecule has 0 spiro atoms. The van der Waals surface area contributed by atoms with Crippen molar-refractivity contribution < 1.29 is 24.2 Å². The fourth-order valence-corrected chi connectivity index (χ4v) is 2.19. The third-order valence-electron chi connectivity index (χ3n) is 3.53. The SMILES string of the molecule is N#CC(=Cc1ccc(-c2cc(C(=O)O)cc(C(=O)O)c2)o1)C(N)=C(C#N)C#N. The molecular formula is C19H10N4O5. The highest BCUT2D eigenvalue weighted by molar-refractivity contribution is 5.95. The normalized spacial score (nSPS) is 10.2. The number of carboxylic acid groups (broad SMARTS) is 2. The number of nitrogens with two attached hydrogens (primary N) is 1. The second-order valence-electron chi connectivity index (χ2n) is 5.29. The number of nitrogens with zero attached hydrogens (tertiary/aromatic N) is 3. The van der Waals surface area contributed by atoms with E-state index in [9.17, 15) is 14.9 Å². The Kier molecular flexibility index (Phi) is 5.61. The van der Waals surface area contributed by atoms with E-state index in [2.05, 4.69) is 0 Å².